The van der Waals surface area contributed by atoms with Crippen molar-refractivity contribution in [2.45, 2.75) is 13.1 Å². The third kappa shape index (κ3) is 2.15. The van der Waals surface area contributed by atoms with Crippen molar-refractivity contribution in [3.8, 4) is 6.07 Å². The highest BCUT2D eigenvalue weighted by atomic mass is 19.4. The Bertz CT molecular complexity index is 443. The molecule has 1 aromatic rings. The lowest BCUT2D eigenvalue weighted by molar-refractivity contribution is -0.137. The predicted octanol–water partition coefficient (Wildman–Crippen LogP) is 2.78. The summed E-state index contributed by atoms with van der Waals surface area (Å²) in [7, 11) is 0. The average Bonchev–Trinajstić information content (AvgIpc) is 2.15. The van der Waals surface area contributed by atoms with Crippen molar-refractivity contribution in [2.24, 2.45) is 0 Å². The molecule has 1 rings (SSSR count). The van der Waals surface area contributed by atoms with Crippen LogP contribution in [0.4, 0.5) is 13.2 Å². The average molecular weight is 213 g/mol. The van der Waals surface area contributed by atoms with E-state index in [1.54, 1.807) is 0 Å². The van der Waals surface area contributed by atoms with Gasteiger partial charge in [0, 0.05) is 5.56 Å². The van der Waals surface area contributed by atoms with Gasteiger partial charge in [0.2, 0.25) is 0 Å². The molecule has 0 unspecified atom stereocenters. The van der Waals surface area contributed by atoms with E-state index in [9.17, 15) is 18.0 Å². The molecule has 0 aromatic heterocycles. The maximum atomic E-state index is 12.4. The molecule has 0 spiro atoms. The normalized spacial score (nSPS) is 10.9. The highest BCUT2D eigenvalue weighted by molar-refractivity contribution is 5.96. The van der Waals surface area contributed by atoms with Gasteiger partial charge in [0.15, 0.2) is 5.78 Å². The van der Waals surface area contributed by atoms with E-state index in [2.05, 4.69) is 0 Å². The summed E-state index contributed by atoms with van der Waals surface area (Å²) in [5.74, 6) is -0.558. The molecule has 0 saturated carbocycles. The topological polar surface area (TPSA) is 40.9 Å². The van der Waals surface area contributed by atoms with Gasteiger partial charge in [-0.2, -0.15) is 18.4 Å². The molecule has 0 heterocycles. The van der Waals surface area contributed by atoms with Gasteiger partial charge in [0.25, 0.3) is 0 Å². The number of halogens is 3. The zero-order chi connectivity index (χ0) is 11.6. The molecule has 0 saturated heterocycles. The van der Waals surface area contributed by atoms with Crippen molar-refractivity contribution in [1.29, 1.82) is 5.26 Å². The summed E-state index contributed by atoms with van der Waals surface area (Å²) < 4.78 is 37.2. The van der Waals surface area contributed by atoms with Crippen LogP contribution in [-0.4, -0.2) is 5.78 Å². The number of ketones is 1. The number of alkyl halides is 3. The molecule has 78 valence electrons. The Morgan fingerprint density at radius 3 is 2.40 bits per heavy atom. The first-order valence-electron chi connectivity index (χ1n) is 3.99. The maximum Gasteiger partial charge on any atom is 0.417 e. The Hall–Kier alpha value is -1.83. The van der Waals surface area contributed by atoms with E-state index in [0.717, 1.165) is 19.1 Å². The summed E-state index contributed by atoms with van der Waals surface area (Å²) in [6.07, 6.45) is -4.61. The lowest BCUT2D eigenvalue weighted by atomic mass is 9.99. The molecular weight excluding hydrogens is 207 g/mol. The molecule has 0 amide bonds. The van der Waals surface area contributed by atoms with Crippen LogP contribution in [0.15, 0.2) is 18.2 Å². The first-order valence-corrected chi connectivity index (χ1v) is 3.99. The fourth-order valence-corrected chi connectivity index (χ4v) is 1.20. The number of carbonyl (C=O) groups excluding carboxylic acids is 1. The second-order valence-corrected chi connectivity index (χ2v) is 2.89. The van der Waals surface area contributed by atoms with Gasteiger partial charge in [0.1, 0.15) is 6.07 Å². The predicted molar refractivity (Wildman–Crippen MR) is 46.2 cm³/mol. The van der Waals surface area contributed by atoms with Crippen LogP contribution >= 0.6 is 0 Å². The summed E-state index contributed by atoms with van der Waals surface area (Å²) in [6, 6.07) is 4.51. The minimum atomic E-state index is -4.61. The van der Waals surface area contributed by atoms with E-state index < -0.39 is 23.1 Å². The maximum absolute atomic E-state index is 12.4. The van der Waals surface area contributed by atoms with Crippen LogP contribution in [0.3, 0.4) is 0 Å². The van der Waals surface area contributed by atoms with Crippen LogP contribution in [0.25, 0.3) is 0 Å². The monoisotopic (exact) mass is 213 g/mol. The molecule has 0 fully saturated rings. The van der Waals surface area contributed by atoms with Crippen LogP contribution in [0.2, 0.25) is 0 Å². The Morgan fingerprint density at radius 1 is 1.40 bits per heavy atom. The van der Waals surface area contributed by atoms with Crippen molar-refractivity contribution >= 4 is 5.78 Å². The standard InChI is InChI=1S/C10H6F3NO/c1-6(15)7-3-2-4-9(8(7)5-14)10(11,12)13/h2-4H,1H3. The number of rotatable bonds is 1. The van der Waals surface area contributed by atoms with E-state index in [0.29, 0.717) is 0 Å². The number of nitrogens with zero attached hydrogens (tertiary/aromatic N) is 1. The second-order valence-electron chi connectivity index (χ2n) is 2.89. The summed E-state index contributed by atoms with van der Waals surface area (Å²) in [6.45, 7) is 1.12. The lowest BCUT2D eigenvalue weighted by Gasteiger charge is -2.10. The van der Waals surface area contributed by atoms with E-state index in [1.807, 2.05) is 0 Å². The summed E-state index contributed by atoms with van der Waals surface area (Å²) in [5, 5.41) is 8.61. The summed E-state index contributed by atoms with van der Waals surface area (Å²) >= 11 is 0. The Kier molecular flexibility index (Phi) is 2.80. The highest BCUT2D eigenvalue weighted by Gasteiger charge is 2.34. The van der Waals surface area contributed by atoms with Gasteiger partial charge in [-0.05, 0) is 13.0 Å². The van der Waals surface area contributed by atoms with Gasteiger partial charge in [-0.15, -0.1) is 0 Å². The number of nitriles is 1. The molecule has 5 heteroatoms. The molecule has 2 nitrogen and oxygen atoms in total. The van der Waals surface area contributed by atoms with Gasteiger partial charge >= 0.3 is 6.18 Å². The number of hydrogen-bond donors (Lipinski definition) is 0. The first kappa shape index (κ1) is 11.2. The van der Waals surface area contributed by atoms with E-state index in [4.69, 9.17) is 5.26 Å². The highest BCUT2D eigenvalue weighted by Crippen LogP contribution is 2.33. The van der Waals surface area contributed by atoms with Gasteiger partial charge in [-0.25, -0.2) is 0 Å². The minimum absolute atomic E-state index is 0.202. The fourth-order valence-electron chi connectivity index (χ4n) is 1.20. The van der Waals surface area contributed by atoms with Gasteiger partial charge in [-0.1, -0.05) is 12.1 Å². The molecular formula is C10H6F3NO. The van der Waals surface area contributed by atoms with Crippen molar-refractivity contribution in [3.63, 3.8) is 0 Å². The number of hydrogen-bond acceptors (Lipinski definition) is 2. The zero-order valence-corrected chi connectivity index (χ0v) is 7.72. The van der Waals surface area contributed by atoms with Gasteiger partial charge in [0.05, 0.1) is 11.1 Å². The van der Waals surface area contributed by atoms with Crippen molar-refractivity contribution in [2.75, 3.05) is 0 Å². The SMILES string of the molecule is CC(=O)c1cccc(C(F)(F)F)c1C#N. The number of carbonyl (C=O) groups is 1. The Balaban J connectivity index is 3.51. The molecule has 0 radical (unpaired) electrons. The van der Waals surface area contributed by atoms with Gasteiger partial charge in [-0.3, -0.25) is 4.79 Å². The number of Topliss-reactive ketones (excluding diaryl/α,β-unsaturated/α-hetero) is 1. The molecule has 1 aromatic carbocycles. The van der Waals surface area contributed by atoms with Crippen LogP contribution in [0.5, 0.6) is 0 Å². The van der Waals surface area contributed by atoms with Crippen LogP contribution < -0.4 is 0 Å². The summed E-state index contributed by atoms with van der Waals surface area (Å²) in [5.41, 5.74) is -1.89. The van der Waals surface area contributed by atoms with E-state index >= 15 is 0 Å². The largest absolute Gasteiger partial charge is 0.417 e. The summed E-state index contributed by atoms with van der Waals surface area (Å²) in [4.78, 5) is 11.0. The van der Waals surface area contributed by atoms with Gasteiger partial charge < -0.3 is 0 Å². The zero-order valence-electron chi connectivity index (χ0n) is 7.72. The quantitative estimate of drug-likeness (QED) is 0.673. The van der Waals surface area contributed by atoms with E-state index in [1.165, 1.54) is 12.1 Å². The third-order valence-electron chi connectivity index (χ3n) is 1.86. The van der Waals surface area contributed by atoms with Crippen LogP contribution in [0, 0.1) is 11.3 Å². The molecule has 0 bridgehead atoms. The molecule has 15 heavy (non-hydrogen) atoms. The smallest absolute Gasteiger partial charge is 0.294 e. The van der Waals surface area contributed by atoms with Crippen LogP contribution in [-0.2, 0) is 6.18 Å². The van der Waals surface area contributed by atoms with Crippen molar-refractivity contribution in [1.82, 2.24) is 0 Å². The van der Waals surface area contributed by atoms with Crippen molar-refractivity contribution in [3.05, 3.63) is 34.9 Å². The molecule has 0 atom stereocenters. The van der Waals surface area contributed by atoms with E-state index in [-0.39, 0.29) is 5.56 Å². The van der Waals surface area contributed by atoms with Crippen molar-refractivity contribution < 1.29 is 18.0 Å². The molecule has 0 N–H and O–H groups in total. The lowest BCUT2D eigenvalue weighted by Crippen LogP contribution is -2.10. The first-order chi connectivity index (χ1) is 6.88. The second kappa shape index (κ2) is 3.73. The third-order valence-corrected chi connectivity index (χ3v) is 1.86. The molecule has 0 aliphatic heterocycles. The molecule has 0 aliphatic carbocycles. The Morgan fingerprint density at radius 2 is 2.00 bits per heavy atom. The fraction of sp³-hybridized carbons (Fsp3) is 0.200. The Labute approximate surface area is 83.9 Å². The number of benzene rings is 1. The van der Waals surface area contributed by atoms with Crippen LogP contribution in [0.1, 0.15) is 28.4 Å². The molecule has 0 aliphatic rings. The minimum Gasteiger partial charge on any atom is -0.294 e.